The second-order valence-corrected chi connectivity index (χ2v) is 4.02. The topological polar surface area (TPSA) is 78.4 Å². The van der Waals surface area contributed by atoms with Crippen LogP contribution >= 0.6 is 0 Å². The van der Waals surface area contributed by atoms with Crippen LogP contribution in [0.3, 0.4) is 0 Å². The van der Waals surface area contributed by atoms with Crippen LogP contribution in [-0.2, 0) is 11.2 Å². The van der Waals surface area contributed by atoms with Crippen molar-refractivity contribution in [2.24, 2.45) is 0 Å². The molecule has 2 amide bonds. The van der Waals surface area contributed by atoms with Gasteiger partial charge in [-0.3, -0.25) is 4.79 Å². The molecule has 1 rings (SSSR count). The number of rotatable bonds is 4. The number of benzene rings is 1. The number of anilines is 1. The van der Waals surface area contributed by atoms with Crippen molar-refractivity contribution in [3.05, 3.63) is 29.8 Å². The summed E-state index contributed by atoms with van der Waals surface area (Å²) in [6.07, 6.45) is -0.0154. The van der Waals surface area contributed by atoms with Gasteiger partial charge in [0.25, 0.3) is 0 Å². The van der Waals surface area contributed by atoms with Crippen molar-refractivity contribution in [1.82, 2.24) is 5.32 Å². The molecule has 0 spiro atoms. The van der Waals surface area contributed by atoms with Gasteiger partial charge in [0.15, 0.2) is 0 Å². The van der Waals surface area contributed by atoms with E-state index in [2.05, 4.69) is 10.6 Å². The van der Waals surface area contributed by atoms with Crippen LogP contribution in [0.5, 0.6) is 0 Å². The fourth-order valence-corrected chi connectivity index (χ4v) is 1.31. The third-order valence-electron chi connectivity index (χ3n) is 1.99. The molecule has 0 fully saturated rings. The summed E-state index contributed by atoms with van der Waals surface area (Å²) in [7, 11) is 0. The molecule has 0 aromatic heterocycles. The van der Waals surface area contributed by atoms with Gasteiger partial charge in [-0.2, -0.15) is 0 Å². The first-order valence-corrected chi connectivity index (χ1v) is 5.35. The standard InChI is InChI=1S/C12H16N2O3/c1-8(2)13-12(17)14-10-5-3-9(4-6-10)7-11(15)16/h3-6,8H,7H2,1-2H3,(H,15,16)(H2,13,14,17). The van der Waals surface area contributed by atoms with Crippen LogP contribution in [0.2, 0.25) is 0 Å². The van der Waals surface area contributed by atoms with Gasteiger partial charge in [-0.05, 0) is 31.5 Å². The van der Waals surface area contributed by atoms with Crippen molar-refractivity contribution in [2.75, 3.05) is 5.32 Å². The molecule has 0 saturated carbocycles. The van der Waals surface area contributed by atoms with Gasteiger partial charge in [-0.15, -0.1) is 0 Å². The molecule has 0 atom stereocenters. The average Bonchev–Trinajstić information content (AvgIpc) is 2.18. The van der Waals surface area contributed by atoms with Crippen LogP contribution in [-0.4, -0.2) is 23.1 Å². The van der Waals surface area contributed by atoms with Crippen LogP contribution in [0, 0.1) is 0 Å². The summed E-state index contributed by atoms with van der Waals surface area (Å²) in [6, 6.07) is 6.52. The number of nitrogens with one attached hydrogen (secondary N) is 2. The molecule has 0 aliphatic heterocycles. The second kappa shape index (κ2) is 5.89. The van der Waals surface area contributed by atoms with Gasteiger partial charge in [0.05, 0.1) is 6.42 Å². The minimum Gasteiger partial charge on any atom is -0.481 e. The lowest BCUT2D eigenvalue weighted by atomic mass is 10.1. The van der Waals surface area contributed by atoms with Crippen LogP contribution in [0.15, 0.2) is 24.3 Å². The van der Waals surface area contributed by atoms with E-state index in [0.29, 0.717) is 11.3 Å². The molecule has 0 saturated heterocycles. The van der Waals surface area contributed by atoms with Crippen molar-refractivity contribution in [1.29, 1.82) is 0 Å². The zero-order valence-corrected chi connectivity index (χ0v) is 9.86. The highest BCUT2D eigenvalue weighted by molar-refractivity contribution is 5.89. The minimum atomic E-state index is -0.872. The number of carbonyl (C=O) groups is 2. The first kappa shape index (κ1) is 13.0. The van der Waals surface area contributed by atoms with Gasteiger partial charge < -0.3 is 15.7 Å². The Labute approximate surface area is 99.8 Å². The molecule has 92 valence electrons. The van der Waals surface area contributed by atoms with E-state index in [0.717, 1.165) is 0 Å². The lowest BCUT2D eigenvalue weighted by Crippen LogP contribution is -2.34. The molecule has 17 heavy (non-hydrogen) atoms. The van der Waals surface area contributed by atoms with Crippen molar-refractivity contribution in [2.45, 2.75) is 26.3 Å². The summed E-state index contributed by atoms with van der Waals surface area (Å²) >= 11 is 0. The number of hydrogen-bond acceptors (Lipinski definition) is 2. The Kier molecular flexibility index (Phi) is 4.51. The van der Waals surface area contributed by atoms with E-state index >= 15 is 0 Å². The summed E-state index contributed by atoms with van der Waals surface area (Å²) in [5.74, 6) is -0.872. The molecule has 0 heterocycles. The summed E-state index contributed by atoms with van der Waals surface area (Å²) < 4.78 is 0. The molecule has 3 N–H and O–H groups in total. The van der Waals surface area contributed by atoms with Crippen LogP contribution in [0.4, 0.5) is 10.5 Å². The Morgan fingerprint density at radius 2 is 1.82 bits per heavy atom. The van der Waals surface area contributed by atoms with Crippen molar-refractivity contribution in [3.8, 4) is 0 Å². The lowest BCUT2D eigenvalue weighted by molar-refractivity contribution is -0.136. The average molecular weight is 236 g/mol. The zero-order valence-electron chi connectivity index (χ0n) is 9.86. The molecular formula is C12H16N2O3. The third kappa shape index (κ3) is 5.01. The number of hydrogen-bond donors (Lipinski definition) is 3. The first-order chi connectivity index (χ1) is 7.97. The van der Waals surface area contributed by atoms with E-state index in [1.807, 2.05) is 13.8 Å². The first-order valence-electron chi connectivity index (χ1n) is 5.35. The molecule has 0 aliphatic rings. The second-order valence-electron chi connectivity index (χ2n) is 4.02. The molecule has 0 unspecified atom stereocenters. The Hall–Kier alpha value is -2.04. The number of carboxylic acids is 1. The molecular weight excluding hydrogens is 220 g/mol. The fourth-order valence-electron chi connectivity index (χ4n) is 1.31. The molecule has 0 bridgehead atoms. The maximum atomic E-state index is 11.4. The predicted octanol–water partition coefficient (Wildman–Crippen LogP) is 1.84. The quantitative estimate of drug-likeness (QED) is 0.746. The SMILES string of the molecule is CC(C)NC(=O)Nc1ccc(CC(=O)O)cc1. The monoisotopic (exact) mass is 236 g/mol. The molecule has 1 aromatic rings. The maximum Gasteiger partial charge on any atom is 0.319 e. The van der Waals surface area contributed by atoms with E-state index in [4.69, 9.17) is 5.11 Å². The van der Waals surface area contributed by atoms with Crippen LogP contribution in [0.25, 0.3) is 0 Å². The normalized spacial score (nSPS) is 10.1. The fraction of sp³-hybridized carbons (Fsp3) is 0.333. The smallest absolute Gasteiger partial charge is 0.319 e. The molecule has 5 heteroatoms. The number of amides is 2. The van der Waals surface area contributed by atoms with Gasteiger partial charge in [0.2, 0.25) is 0 Å². The minimum absolute atomic E-state index is 0.0154. The van der Waals surface area contributed by atoms with Gasteiger partial charge in [-0.1, -0.05) is 12.1 Å². The number of carbonyl (C=O) groups excluding carboxylic acids is 1. The summed E-state index contributed by atoms with van der Waals surface area (Å²) in [6.45, 7) is 3.74. The number of urea groups is 1. The molecule has 5 nitrogen and oxygen atoms in total. The van der Waals surface area contributed by atoms with Gasteiger partial charge in [-0.25, -0.2) is 4.79 Å². The van der Waals surface area contributed by atoms with E-state index in [1.54, 1.807) is 24.3 Å². The van der Waals surface area contributed by atoms with E-state index in [1.165, 1.54) is 0 Å². The highest BCUT2D eigenvalue weighted by Crippen LogP contribution is 2.09. The highest BCUT2D eigenvalue weighted by Gasteiger charge is 2.04. The summed E-state index contributed by atoms with van der Waals surface area (Å²) in [5, 5.41) is 14.0. The zero-order chi connectivity index (χ0) is 12.8. The number of carboxylic acid groups (broad SMARTS) is 1. The van der Waals surface area contributed by atoms with Crippen molar-refractivity contribution >= 4 is 17.7 Å². The Morgan fingerprint density at radius 3 is 2.29 bits per heavy atom. The third-order valence-corrected chi connectivity index (χ3v) is 1.99. The Balaban J connectivity index is 2.56. The number of aliphatic carboxylic acids is 1. The van der Waals surface area contributed by atoms with Crippen LogP contribution in [0.1, 0.15) is 19.4 Å². The highest BCUT2D eigenvalue weighted by atomic mass is 16.4. The molecule has 0 radical (unpaired) electrons. The van der Waals surface area contributed by atoms with Crippen molar-refractivity contribution < 1.29 is 14.7 Å². The van der Waals surface area contributed by atoms with E-state index in [-0.39, 0.29) is 18.5 Å². The summed E-state index contributed by atoms with van der Waals surface area (Å²) in [5.41, 5.74) is 1.34. The van der Waals surface area contributed by atoms with E-state index in [9.17, 15) is 9.59 Å². The predicted molar refractivity (Wildman–Crippen MR) is 65.1 cm³/mol. The maximum absolute atomic E-state index is 11.4. The lowest BCUT2D eigenvalue weighted by Gasteiger charge is -2.10. The summed E-state index contributed by atoms with van der Waals surface area (Å²) in [4.78, 5) is 21.8. The van der Waals surface area contributed by atoms with Gasteiger partial charge >= 0.3 is 12.0 Å². The Bertz CT molecular complexity index is 399. The van der Waals surface area contributed by atoms with Crippen molar-refractivity contribution in [3.63, 3.8) is 0 Å². The van der Waals surface area contributed by atoms with Gasteiger partial charge in [0, 0.05) is 11.7 Å². The molecule has 0 aliphatic carbocycles. The van der Waals surface area contributed by atoms with Crippen LogP contribution < -0.4 is 10.6 Å². The Morgan fingerprint density at radius 1 is 1.24 bits per heavy atom. The largest absolute Gasteiger partial charge is 0.481 e. The van der Waals surface area contributed by atoms with E-state index < -0.39 is 5.97 Å². The molecule has 1 aromatic carbocycles. The van der Waals surface area contributed by atoms with Gasteiger partial charge in [0.1, 0.15) is 0 Å².